The van der Waals surface area contributed by atoms with E-state index >= 15 is 0 Å². The Morgan fingerprint density at radius 2 is 1.84 bits per heavy atom. The number of rotatable bonds is 7. The van der Waals surface area contributed by atoms with E-state index in [1.165, 1.54) is 0 Å². The van der Waals surface area contributed by atoms with Gasteiger partial charge < -0.3 is 10.2 Å². The van der Waals surface area contributed by atoms with Crippen LogP contribution in [0.3, 0.4) is 0 Å². The van der Waals surface area contributed by atoms with Crippen molar-refractivity contribution < 1.29 is 8.42 Å². The lowest BCUT2D eigenvalue weighted by Crippen LogP contribution is -2.44. The van der Waals surface area contributed by atoms with Gasteiger partial charge in [-0.1, -0.05) is 12.8 Å². The highest BCUT2D eigenvalue weighted by Gasteiger charge is 2.28. The molecule has 3 heterocycles. The average molecular weight is 449 g/mol. The molecule has 1 saturated heterocycles. The minimum Gasteiger partial charge on any atom is -0.351 e. The number of hydrogen-bond donors (Lipinski definition) is 1. The van der Waals surface area contributed by atoms with E-state index in [1.807, 2.05) is 23.6 Å². The zero-order chi connectivity index (χ0) is 22.0. The summed E-state index contributed by atoms with van der Waals surface area (Å²) in [6, 6.07) is 3.69. The molecule has 4 rings (SSSR count). The van der Waals surface area contributed by atoms with Crippen LogP contribution in [0.5, 0.6) is 0 Å². The first kappa shape index (κ1) is 22.2. The van der Waals surface area contributed by atoms with E-state index in [1.54, 1.807) is 22.6 Å². The van der Waals surface area contributed by atoms with Crippen LogP contribution in [0.1, 0.15) is 44.6 Å². The summed E-state index contributed by atoms with van der Waals surface area (Å²) in [5.74, 6) is 0.642. The highest BCUT2D eigenvalue weighted by Crippen LogP contribution is 2.30. The Balaban J connectivity index is 1.45. The standard InChI is InChI=1S/C21H32N6O3S/c1-25(2)13-14-31(29,30)26-11-9-17(10-12-26)23-21-22-15-16-7-8-19(28)27(20(16)24-21)18-5-3-4-6-18/h7-8,15,17-18H,3-6,9-14H2,1-2H3,(H,22,23,24). The molecule has 2 fully saturated rings. The summed E-state index contributed by atoms with van der Waals surface area (Å²) in [5, 5.41) is 4.23. The molecule has 1 aliphatic carbocycles. The van der Waals surface area contributed by atoms with Crippen LogP contribution in [-0.4, -0.2) is 77.7 Å². The smallest absolute Gasteiger partial charge is 0.252 e. The monoisotopic (exact) mass is 448 g/mol. The van der Waals surface area contributed by atoms with E-state index in [0.29, 0.717) is 44.1 Å². The molecule has 10 heteroatoms. The summed E-state index contributed by atoms with van der Waals surface area (Å²) in [5.41, 5.74) is 0.667. The molecule has 0 bridgehead atoms. The van der Waals surface area contributed by atoms with Gasteiger partial charge in [-0.05, 0) is 45.8 Å². The van der Waals surface area contributed by atoms with E-state index in [0.717, 1.165) is 31.1 Å². The van der Waals surface area contributed by atoms with Gasteiger partial charge >= 0.3 is 0 Å². The van der Waals surface area contributed by atoms with Gasteiger partial charge in [0.25, 0.3) is 5.56 Å². The Kier molecular flexibility index (Phi) is 6.59. The van der Waals surface area contributed by atoms with Crippen molar-refractivity contribution in [2.24, 2.45) is 0 Å². The molecule has 0 atom stereocenters. The van der Waals surface area contributed by atoms with Crippen molar-refractivity contribution in [3.05, 3.63) is 28.7 Å². The van der Waals surface area contributed by atoms with Crippen LogP contribution in [-0.2, 0) is 10.0 Å². The molecule has 0 amide bonds. The number of pyridine rings is 1. The van der Waals surface area contributed by atoms with Gasteiger partial charge in [0.15, 0.2) is 0 Å². The Bertz CT molecular complexity index is 1070. The topological polar surface area (TPSA) is 100 Å². The lowest BCUT2D eigenvalue weighted by molar-refractivity contribution is 0.326. The Morgan fingerprint density at radius 3 is 2.52 bits per heavy atom. The summed E-state index contributed by atoms with van der Waals surface area (Å²) in [4.78, 5) is 23.6. The van der Waals surface area contributed by atoms with Gasteiger partial charge in [-0.3, -0.25) is 9.36 Å². The normalized spacial score (nSPS) is 19.5. The van der Waals surface area contributed by atoms with Crippen LogP contribution in [0.15, 0.2) is 23.1 Å². The third-order valence-corrected chi connectivity index (χ3v) is 8.18. The van der Waals surface area contributed by atoms with Crippen molar-refractivity contribution in [2.75, 3.05) is 44.8 Å². The van der Waals surface area contributed by atoms with E-state index in [-0.39, 0.29) is 23.4 Å². The molecular weight excluding hydrogens is 416 g/mol. The van der Waals surface area contributed by atoms with Crippen molar-refractivity contribution in [1.29, 1.82) is 0 Å². The third-order valence-electron chi connectivity index (χ3n) is 6.33. The highest BCUT2D eigenvalue weighted by molar-refractivity contribution is 7.89. The summed E-state index contributed by atoms with van der Waals surface area (Å²) < 4.78 is 28.5. The molecule has 0 unspecified atom stereocenters. The second kappa shape index (κ2) is 9.22. The van der Waals surface area contributed by atoms with Gasteiger partial charge in [0, 0.05) is 49.4 Å². The predicted octanol–water partition coefficient (Wildman–Crippen LogP) is 1.67. The Morgan fingerprint density at radius 1 is 1.13 bits per heavy atom. The van der Waals surface area contributed by atoms with Gasteiger partial charge in [0.05, 0.1) is 5.75 Å². The summed E-state index contributed by atoms with van der Waals surface area (Å²) in [6.07, 6.45) is 7.45. The molecule has 2 aromatic heterocycles. The summed E-state index contributed by atoms with van der Waals surface area (Å²) in [6.45, 7) is 1.51. The number of anilines is 1. The lowest BCUT2D eigenvalue weighted by Gasteiger charge is -2.32. The molecule has 1 aliphatic heterocycles. The molecule has 0 spiro atoms. The van der Waals surface area contributed by atoms with Crippen molar-refractivity contribution in [3.8, 4) is 0 Å². The second-order valence-corrected chi connectivity index (χ2v) is 11.0. The van der Waals surface area contributed by atoms with Crippen LogP contribution >= 0.6 is 0 Å². The van der Waals surface area contributed by atoms with Crippen LogP contribution in [0.2, 0.25) is 0 Å². The van der Waals surface area contributed by atoms with Gasteiger partial charge in [-0.15, -0.1) is 0 Å². The zero-order valence-electron chi connectivity index (χ0n) is 18.3. The van der Waals surface area contributed by atoms with Crippen molar-refractivity contribution >= 4 is 27.0 Å². The summed E-state index contributed by atoms with van der Waals surface area (Å²) >= 11 is 0. The maximum atomic E-state index is 12.6. The Hall–Kier alpha value is -2.04. The maximum Gasteiger partial charge on any atom is 0.252 e. The van der Waals surface area contributed by atoms with Crippen molar-refractivity contribution in [2.45, 2.75) is 50.6 Å². The van der Waals surface area contributed by atoms with Gasteiger partial charge in [-0.2, -0.15) is 4.98 Å². The maximum absolute atomic E-state index is 12.6. The van der Waals surface area contributed by atoms with Crippen LogP contribution in [0.4, 0.5) is 5.95 Å². The van der Waals surface area contributed by atoms with E-state index in [4.69, 9.17) is 4.98 Å². The number of nitrogens with zero attached hydrogens (tertiary/aromatic N) is 5. The second-order valence-electron chi connectivity index (χ2n) is 8.89. The fraction of sp³-hybridized carbons (Fsp3) is 0.667. The van der Waals surface area contributed by atoms with Crippen LogP contribution in [0.25, 0.3) is 11.0 Å². The molecule has 31 heavy (non-hydrogen) atoms. The number of nitrogens with one attached hydrogen (secondary N) is 1. The van der Waals surface area contributed by atoms with Crippen LogP contribution in [0, 0.1) is 0 Å². The largest absolute Gasteiger partial charge is 0.351 e. The minimum absolute atomic E-state index is 0.0136. The van der Waals surface area contributed by atoms with E-state index in [9.17, 15) is 13.2 Å². The van der Waals surface area contributed by atoms with Gasteiger partial charge in [0.1, 0.15) is 5.65 Å². The molecule has 1 N–H and O–H groups in total. The first-order chi connectivity index (χ1) is 14.8. The molecule has 1 saturated carbocycles. The predicted molar refractivity (Wildman–Crippen MR) is 122 cm³/mol. The number of hydrogen-bond acceptors (Lipinski definition) is 7. The van der Waals surface area contributed by atoms with E-state index in [2.05, 4.69) is 10.3 Å². The lowest BCUT2D eigenvalue weighted by atomic mass is 10.1. The fourth-order valence-corrected chi connectivity index (χ4v) is 6.13. The molecule has 170 valence electrons. The molecule has 9 nitrogen and oxygen atoms in total. The zero-order valence-corrected chi connectivity index (χ0v) is 19.1. The fourth-order valence-electron chi connectivity index (χ4n) is 4.51. The minimum atomic E-state index is -3.23. The quantitative estimate of drug-likeness (QED) is 0.688. The first-order valence-corrected chi connectivity index (χ1v) is 12.7. The van der Waals surface area contributed by atoms with Crippen molar-refractivity contribution in [1.82, 2.24) is 23.7 Å². The molecule has 0 radical (unpaired) electrons. The van der Waals surface area contributed by atoms with Gasteiger partial charge in [0.2, 0.25) is 16.0 Å². The number of aromatic nitrogens is 3. The number of fused-ring (bicyclic) bond motifs is 1. The average Bonchev–Trinajstić information content (AvgIpc) is 3.27. The number of sulfonamides is 1. The van der Waals surface area contributed by atoms with E-state index < -0.39 is 10.0 Å². The number of piperidine rings is 1. The SMILES string of the molecule is CN(C)CCS(=O)(=O)N1CCC(Nc2ncc3ccc(=O)n(C4CCCC4)c3n2)CC1. The molecule has 2 aromatic rings. The highest BCUT2D eigenvalue weighted by atomic mass is 32.2. The third kappa shape index (κ3) is 5.07. The van der Waals surface area contributed by atoms with Gasteiger partial charge in [-0.25, -0.2) is 17.7 Å². The Labute approximate surface area is 183 Å². The molecule has 0 aromatic carbocycles. The summed E-state index contributed by atoms with van der Waals surface area (Å²) in [7, 11) is 0.524. The molecule has 2 aliphatic rings. The first-order valence-electron chi connectivity index (χ1n) is 11.1. The van der Waals surface area contributed by atoms with Crippen molar-refractivity contribution in [3.63, 3.8) is 0 Å². The van der Waals surface area contributed by atoms with Crippen LogP contribution < -0.4 is 10.9 Å². The molecular formula is C21H32N6O3S.